The Labute approximate surface area is 145 Å². The minimum Gasteiger partial charge on any atom is -0.497 e. The summed E-state index contributed by atoms with van der Waals surface area (Å²) in [6.45, 7) is 4.19. The fourth-order valence-corrected chi connectivity index (χ4v) is 3.57. The summed E-state index contributed by atoms with van der Waals surface area (Å²) in [5.74, 6) is 1.86. The van der Waals surface area contributed by atoms with Crippen molar-refractivity contribution in [2.75, 3.05) is 17.7 Å². The van der Waals surface area contributed by atoms with Crippen molar-refractivity contribution < 1.29 is 14.2 Å². The number of ketones is 1. The van der Waals surface area contributed by atoms with Crippen LogP contribution in [0.3, 0.4) is 0 Å². The number of rotatable bonds is 2. The first-order valence-corrected chi connectivity index (χ1v) is 8.23. The molecule has 25 heavy (non-hydrogen) atoms. The minimum absolute atomic E-state index is 0.108. The van der Waals surface area contributed by atoms with Crippen LogP contribution in [0.5, 0.6) is 5.75 Å². The Kier molecular flexibility index (Phi) is 3.52. The molecule has 2 aliphatic rings. The van der Waals surface area contributed by atoms with Gasteiger partial charge in [-0.25, -0.2) is 4.63 Å². The largest absolute Gasteiger partial charge is 0.497 e. The van der Waals surface area contributed by atoms with Crippen LogP contribution in [0.15, 0.2) is 40.2 Å². The van der Waals surface area contributed by atoms with Gasteiger partial charge in [0.05, 0.1) is 13.2 Å². The second kappa shape index (κ2) is 5.61. The van der Waals surface area contributed by atoms with E-state index >= 15 is 0 Å². The lowest BCUT2D eigenvalue weighted by Gasteiger charge is -2.34. The molecule has 2 aromatic rings. The van der Waals surface area contributed by atoms with Crippen LogP contribution in [0, 0.1) is 5.41 Å². The van der Waals surface area contributed by atoms with Crippen LogP contribution in [0.4, 0.5) is 11.6 Å². The van der Waals surface area contributed by atoms with Crippen LogP contribution in [-0.2, 0) is 4.79 Å². The highest BCUT2D eigenvalue weighted by Crippen LogP contribution is 2.44. The summed E-state index contributed by atoms with van der Waals surface area (Å²) in [5.41, 5.74) is 2.42. The second-order valence-corrected chi connectivity index (χ2v) is 7.27. The SMILES string of the molecule is COc1cccc([C@@H]2Nc3nonc3NC3=C2C(=O)CC(C)(C)C3)c1. The smallest absolute Gasteiger partial charge is 0.219 e. The molecule has 1 aromatic heterocycles. The van der Waals surface area contributed by atoms with E-state index < -0.39 is 0 Å². The molecule has 0 saturated heterocycles. The average Bonchev–Trinajstić information content (AvgIpc) is 2.93. The van der Waals surface area contributed by atoms with E-state index in [1.807, 2.05) is 24.3 Å². The normalized spacial score (nSPS) is 21.6. The molecular weight excluding hydrogens is 320 g/mol. The number of anilines is 2. The molecule has 1 atom stereocenters. The van der Waals surface area contributed by atoms with E-state index in [2.05, 4.69) is 34.8 Å². The maximum absolute atomic E-state index is 13.0. The number of nitrogens with one attached hydrogen (secondary N) is 2. The van der Waals surface area contributed by atoms with Gasteiger partial charge in [0.1, 0.15) is 5.75 Å². The first-order valence-electron chi connectivity index (χ1n) is 8.23. The van der Waals surface area contributed by atoms with Gasteiger partial charge in [-0.1, -0.05) is 26.0 Å². The molecule has 1 aromatic carbocycles. The number of carbonyl (C=O) groups is 1. The van der Waals surface area contributed by atoms with E-state index in [9.17, 15) is 4.79 Å². The maximum Gasteiger partial charge on any atom is 0.219 e. The lowest BCUT2D eigenvalue weighted by molar-refractivity contribution is -0.118. The molecule has 2 N–H and O–H groups in total. The molecule has 2 heterocycles. The number of carbonyl (C=O) groups excluding carboxylic acids is 1. The van der Waals surface area contributed by atoms with Crippen LogP contribution < -0.4 is 15.4 Å². The van der Waals surface area contributed by atoms with E-state index in [1.165, 1.54) is 0 Å². The highest BCUT2D eigenvalue weighted by atomic mass is 16.6. The summed E-state index contributed by atoms with van der Waals surface area (Å²) in [7, 11) is 1.62. The van der Waals surface area contributed by atoms with Crippen molar-refractivity contribution >= 4 is 17.4 Å². The number of Topliss-reactive ketones (excluding diaryl/α,β-unsaturated/α-hetero) is 1. The highest BCUT2D eigenvalue weighted by molar-refractivity contribution is 6.00. The summed E-state index contributed by atoms with van der Waals surface area (Å²) in [5, 5.41) is 14.4. The summed E-state index contributed by atoms with van der Waals surface area (Å²) in [6, 6.07) is 7.34. The Morgan fingerprint density at radius 3 is 2.84 bits per heavy atom. The van der Waals surface area contributed by atoms with E-state index in [0.29, 0.717) is 18.1 Å². The molecule has 7 heteroatoms. The zero-order valence-electron chi connectivity index (χ0n) is 14.4. The summed E-state index contributed by atoms with van der Waals surface area (Å²) < 4.78 is 10.2. The van der Waals surface area contributed by atoms with Crippen LogP contribution >= 0.6 is 0 Å². The number of aromatic nitrogens is 2. The lowest BCUT2D eigenvalue weighted by atomic mass is 9.73. The quantitative estimate of drug-likeness (QED) is 0.867. The zero-order valence-corrected chi connectivity index (χ0v) is 14.4. The predicted octanol–water partition coefficient (Wildman–Crippen LogP) is 3.30. The Bertz CT molecular complexity index is 869. The van der Waals surface area contributed by atoms with Crippen molar-refractivity contribution in [2.24, 2.45) is 5.41 Å². The van der Waals surface area contributed by atoms with Crippen molar-refractivity contribution in [3.05, 3.63) is 41.1 Å². The molecule has 0 radical (unpaired) electrons. The minimum atomic E-state index is -0.339. The Balaban J connectivity index is 1.87. The van der Waals surface area contributed by atoms with Gasteiger partial charge in [0.15, 0.2) is 5.78 Å². The van der Waals surface area contributed by atoms with Gasteiger partial charge >= 0.3 is 0 Å². The van der Waals surface area contributed by atoms with Crippen molar-refractivity contribution in [3.63, 3.8) is 0 Å². The van der Waals surface area contributed by atoms with Gasteiger partial charge in [-0.15, -0.1) is 0 Å². The monoisotopic (exact) mass is 340 g/mol. The number of benzene rings is 1. The van der Waals surface area contributed by atoms with Crippen LogP contribution in [0.1, 0.15) is 38.3 Å². The molecule has 0 bridgehead atoms. The van der Waals surface area contributed by atoms with Crippen molar-refractivity contribution in [2.45, 2.75) is 32.7 Å². The number of methoxy groups -OCH3 is 1. The summed E-state index contributed by atoms with van der Waals surface area (Å²) >= 11 is 0. The van der Waals surface area contributed by atoms with Crippen LogP contribution in [0.2, 0.25) is 0 Å². The highest BCUT2D eigenvalue weighted by Gasteiger charge is 2.39. The molecule has 0 saturated carbocycles. The number of allylic oxidation sites excluding steroid dienone is 1. The van der Waals surface area contributed by atoms with Gasteiger partial charge in [-0.3, -0.25) is 4.79 Å². The van der Waals surface area contributed by atoms with Crippen molar-refractivity contribution in [1.29, 1.82) is 0 Å². The van der Waals surface area contributed by atoms with E-state index in [1.54, 1.807) is 7.11 Å². The Hall–Kier alpha value is -2.83. The number of hydrogen-bond donors (Lipinski definition) is 2. The molecule has 7 nitrogen and oxygen atoms in total. The fourth-order valence-electron chi connectivity index (χ4n) is 3.57. The first-order chi connectivity index (χ1) is 12.0. The van der Waals surface area contributed by atoms with E-state index in [4.69, 9.17) is 9.37 Å². The molecule has 130 valence electrons. The maximum atomic E-state index is 13.0. The lowest BCUT2D eigenvalue weighted by Crippen LogP contribution is -2.31. The average molecular weight is 340 g/mol. The number of fused-ring (bicyclic) bond motifs is 1. The third-order valence-electron chi connectivity index (χ3n) is 4.67. The predicted molar refractivity (Wildman–Crippen MR) is 92.3 cm³/mol. The number of ether oxygens (including phenoxy) is 1. The van der Waals surface area contributed by atoms with Crippen LogP contribution in [0.25, 0.3) is 0 Å². The van der Waals surface area contributed by atoms with Crippen LogP contribution in [-0.4, -0.2) is 23.2 Å². The molecule has 1 aliphatic heterocycles. The van der Waals surface area contributed by atoms with E-state index in [-0.39, 0.29) is 17.2 Å². The molecule has 0 unspecified atom stereocenters. The number of hydrogen-bond acceptors (Lipinski definition) is 7. The van der Waals surface area contributed by atoms with Gasteiger partial charge in [-0.2, -0.15) is 0 Å². The summed E-state index contributed by atoms with van der Waals surface area (Å²) in [4.78, 5) is 13.0. The molecule has 0 amide bonds. The molecule has 0 spiro atoms. The Morgan fingerprint density at radius 2 is 2.04 bits per heavy atom. The van der Waals surface area contributed by atoms with Gasteiger partial charge in [0, 0.05) is 17.7 Å². The zero-order chi connectivity index (χ0) is 17.6. The van der Waals surface area contributed by atoms with Gasteiger partial charge < -0.3 is 15.4 Å². The van der Waals surface area contributed by atoms with Gasteiger partial charge in [0.2, 0.25) is 11.6 Å². The molecule has 4 rings (SSSR count). The standard InChI is InChI=1S/C18H20N4O3/c1-18(2)8-12-14(13(23)9-18)15(10-5-4-6-11(7-10)24-3)20-17-16(19-12)21-25-22-17/h4-7,15H,8-9H2,1-3H3,(H,19,21)(H,20,22)/t15-/m0/s1. The Morgan fingerprint density at radius 1 is 1.24 bits per heavy atom. The second-order valence-electron chi connectivity index (χ2n) is 7.27. The first kappa shape index (κ1) is 15.7. The fraction of sp³-hybridized carbons (Fsp3) is 0.389. The van der Waals surface area contributed by atoms with Crippen molar-refractivity contribution in [1.82, 2.24) is 10.3 Å². The van der Waals surface area contributed by atoms with E-state index in [0.717, 1.165) is 29.0 Å². The van der Waals surface area contributed by atoms with Crippen molar-refractivity contribution in [3.8, 4) is 5.75 Å². The van der Waals surface area contributed by atoms with Gasteiger partial charge in [-0.05, 0) is 39.8 Å². The summed E-state index contributed by atoms with van der Waals surface area (Å²) in [6.07, 6.45) is 1.26. The molecular formula is C18H20N4O3. The third kappa shape index (κ3) is 2.75. The van der Waals surface area contributed by atoms with Gasteiger partial charge in [0.25, 0.3) is 0 Å². The number of nitrogens with zero attached hydrogens (tertiary/aromatic N) is 2. The third-order valence-corrected chi connectivity index (χ3v) is 4.67. The molecule has 1 aliphatic carbocycles. The topological polar surface area (TPSA) is 89.3 Å². The molecule has 0 fully saturated rings.